The molecule has 3 unspecified atom stereocenters. The second kappa shape index (κ2) is 8.92. The van der Waals surface area contributed by atoms with Gasteiger partial charge in [-0.15, -0.1) is 0 Å². The second-order valence-corrected chi connectivity index (χ2v) is 6.55. The van der Waals surface area contributed by atoms with E-state index in [9.17, 15) is 14.4 Å². The van der Waals surface area contributed by atoms with Crippen LogP contribution in [0.2, 0.25) is 0 Å². The zero-order chi connectivity index (χ0) is 15.8. The molecule has 1 saturated heterocycles. The van der Waals surface area contributed by atoms with Gasteiger partial charge in [-0.05, 0) is 45.3 Å². The van der Waals surface area contributed by atoms with Crippen molar-refractivity contribution in [3.05, 3.63) is 0 Å². The van der Waals surface area contributed by atoms with Gasteiger partial charge in [-0.3, -0.25) is 9.59 Å². The Morgan fingerprint density at radius 1 is 1.38 bits per heavy atom. The van der Waals surface area contributed by atoms with E-state index in [1.54, 1.807) is 0 Å². The first-order chi connectivity index (χ1) is 9.97. The normalized spacial score (nSPS) is 23.4. The minimum atomic E-state index is -1.05. The van der Waals surface area contributed by atoms with E-state index in [0.717, 1.165) is 19.3 Å². The molecule has 6 nitrogen and oxygen atoms in total. The highest BCUT2D eigenvalue weighted by atomic mass is 32.2. The van der Waals surface area contributed by atoms with Crippen LogP contribution in [0, 0.1) is 0 Å². The van der Waals surface area contributed by atoms with Crippen LogP contribution in [0.15, 0.2) is 0 Å². The van der Waals surface area contributed by atoms with Crippen LogP contribution in [0.25, 0.3) is 0 Å². The fourth-order valence-electron chi connectivity index (χ4n) is 2.71. The number of carboxylic acids is 1. The summed E-state index contributed by atoms with van der Waals surface area (Å²) in [5.74, 6) is -0.0374. The van der Waals surface area contributed by atoms with Crippen molar-refractivity contribution in [2.24, 2.45) is 0 Å². The Bertz CT molecular complexity index is 368. The van der Waals surface area contributed by atoms with Gasteiger partial charge in [-0.25, -0.2) is 4.79 Å². The Balaban J connectivity index is 2.32. The summed E-state index contributed by atoms with van der Waals surface area (Å²) >= 11 is 1.42. The van der Waals surface area contributed by atoms with Gasteiger partial charge in [0.2, 0.25) is 12.3 Å². The van der Waals surface area contributed by atoms with Crippen molar-refractivity contribution in [3.63, 3.8) is 0 Å². The van der Waals surface area contributed by atoms with Gasteiger partial charge < -0.3 is 15.3 Å². The molecule has 2 amide bonds. The third-order valence-corrected chi connectivity index (χ3v) is 4.80. The topological polar surface area (TPSA) is 86.7 Å². The first-order valence-corrected chi connectivity index (χ1v) is 8.44. The Labute approximate surface area is 129 Å². The molecular formula is C14H24N2O4S. The Morgan fingerprint density at radius 2 is 2.00 bits per heavy atom. The van der Waals surface area contributed by atoms with E-state index in [1.807, 2.05) is 4.90 Å². The molecule has 1 rings (SSSR count). The second-order valence-electron chi connectivity index (χ2n) is 5.45. The van der Waals surface area contributed by atoms with Crippen LogP contribution in [0.1, 0.15) is 39.5 Å². The molecule has 0 aromatic heterocycles. The lowest BCUT2D eigenvalue weighted by Gasteiger charge is -2.39. The van der Waals surface area contributed by atoms with E-state index in [1.165, 1.54) is 11.8 Å². The number of carbonyl (C=O) groups is 3. The molecule has 2 N–H and O–H groups in total. The number of nitrogens with zero attached hydrogens (tertiary/aromatic N) is 1. The van der Waals surface area contributed by atoms with Crippen molar-refractivity contribution in [2.75, 3.05) is 11.5 Å². The fraction of sp³-hybridized carbons (Fsp3) is 0.786. The lowest BCUT2D eigenvalue weighted by Crippen LogP contribution is -2.48. The van der Waals surface area contributed by atoms with Gasteiger partial charge in [-0.1, -0.05) is 0 Å². The smallest absolute Gasteiger partial charge is 0.326 e. The van der Waals surface area contributed by atoms with Crippen LogP contribution < -0.4 is 5.32 Å². The number of rotatable bonds is 8. The first kappa shape index (κ1) is 17.8. The molecule has 0 spiro atoms. The first-order valence-electron chi connectivity index (χ1n) is 7.28. The highest BCUT2D eigenvalue weighted by Gasteiger charge is 2.28. The van der Waals surface area contributed by atoms with Gasteiger partial charge in [0.1, 0.15) is 6.04 Å². The lowest BCUT2D eigenvalue weighted by atomic mass is 9.98. The molecule has 3 atom stereocenters. The minimum absolute atomic E-state index is 0.120. The summed E-state index contributed by atoms with van der Waals surface area (Å²) in [4.78, 5) is 35.3. The average Bonchev–Trinajstić information content (AvgIpc) is 2.41. The maximum absolute atomic E-state index is 12.2. The summed E-state index contributed by atoms with van der Waals surface area (Å²) in [5, 5.41) is 11.1. The van der Waals surface area contributed by atoms with E-state index in [0.29, 0.717) is 24.3 Å². The number of amides is 2. The standard InChI is InChI=1S/C14H24N2O4S/c1-10-4-3-5-11(2)16(10)13(18)8-21-7-6-12(14(19)20)15-9-17/h9-12H,3-8H2,1-2H3,(H,15,17)(H,19,20). The molecule has 0 radical (unpaired) electrons. The van der Waals surface area contributed by atoms with Crippen LogP contribution in [-0.4, -0.2) is 57.9 Å². The molecule has 7 heteroatoms. The van der Waals surface area contributed by atoms with Crippen LogP contribution in [0.4, 0.5) is 0 Å². The molecule has 0 aromatic rings. The Hall–Kier alpha value is -1.24. The summed E-state index contributed by atoms with van der Waals surface area (Å²) in [6, 6.07) is -0.311. The number of carboxylic acid groups (broad SMARTS) is 1. The highest BCUT2D eigenvalue weighted by Crippen LogP contribution is 2.23. The van der Waals surface area contributed by atoms with Gasteiger partial charge >= 0.3 is 5.97 Å². The van der Waals surface area contributed by atoms with Crippen molar-refractivity contribution in [1.82, 2.24) is 10.2 Å². The zero-order valence-electron chi connectivity index (χ0n) is 12.6. The SMILES string of the molecule is CC1CCCC(C)N1C(=O)CSCCC(NC=O)C(=O)O. The number of aliphatic carboxylic acids is 1. The molecule has 1 heterocycles. The number of nitrogens with one attached hydrogen (secondary N) is 1. The fourth-order valence-corrected chi connectivity index (χ4v) is 3.58. The van der Waals surface area contributed by atoms with Gasteiger partial charge in [0.15, 0.2) is 0 Å². The summed E-state index contributed by atoms with van der Waals surface area (Å²) < 4.78 is 0. The molecule has 0 bridgehead atoms. The molecular weight excluding hydrogens is 292 g/mol. The summed E-state index contributed by atoms with van der Waals surface area (Å²) in [5.41, 5.74) is 0. The number of likely N-dealkylation sites (tertiary alicyclic amines) is 1. The van der Waals surface area contributed by atoms with Crippen LogP contribution in [0.3, 0.4) is 0 Å². The van der Waals surface area contributed by atoms with Crippen molar-refractivity contribution in [1.29, 1.82) is 0 Å². The van der Waals surface area contributed by atoms with E-state index < -0.39 is 12.0 Å². The molecule has 21 heavy (non-hydrogen) atoms. The van der Waals surface area contributed by atoms with E-state index in [-0.39, 0.29) is 18.0 Å². The van der Waals surface area contributed by atoms with Crippen molar-refractivity contribution < 1.29 is 19.5 Å². The average molecular weight is 316 g/mol. The van der Waals surface area contributed by atoms with Crippen LogP contribution >= 0.6 is 11.8 Å². The third-order valence-electron chi connectivity index (χ3n) is 3.83. The molecule has 0 saturated carbocycles. The van der Waals surface area contributed by atoms with E-state index >= 15 is 0 Å². The zero-order valence-corrected chi connectivity index (χ0v) is 13.4. The summed E-state index contributed by atoms with van der Waals surface area (Å²) in [6.45, 7) is 4.15. The molecule has 0 aliphatic carbocycles. The molecule has 120 valence electrons. The maximum Gasteiger partial charge on any atom is 0.326 e. The van der Waals surface area contributed by atoms with Gasteiger partial charge in [-0.2, -0.15) is 11.8 Å². The van der Waals surface area contributed by atoms with Crippen molar-refractivity contribution >= 4 is 30.0 Å². The predicted molar refractivity (Wildman–Crippen MR) is 82.2 cm³/mol. The van der Waals surface area contributed by atoms with Gasteiger partial charge in [0, 0.05) is 12.1 Å². The van der Waals surface area contributed by atoms with E-state index in [2.05, 4.69) is 19.2 Å². The molecule has 1 fully saturated rings. The van der Waals surface area contributed by atoms with Crippen molar-refractivity contribution in [2.45, 2.75) is 57.7 Å². The number of hydrogen-bond donors (Lipinski definition) is 2. The lowest BCUT2D eigenvalue weighted by molar-refractivity contribution is -0.140. The highest BCUT2D eigenvalue weighted by molar-refractivity contribution is 7.99. The van der Waals surface area contributed by atoms with Crippen LogP contribution in [0.5, 0.6) is 0 Å². The third kappa shape index (κ3) is 5.57. The van der Waals surface area contributed by atoms with Crippen molar-refractivity contribution in [3.8, 4) is 0 Å². The Kier molecular flexibility index (Phi) is 7.56. The Morgan fingerprint density at radius 3 is 2.52 bits per heavy atom. The van der Waals surface area contributed by atoms with Crippen LogP contribution in [-0.2, 0) is 14.4 Å². The minimum Gasteiger partial charge on any atom is -0.480 e. The summed E-state index contributed by atoms with van der Waals surface area (Å²) in [6.07, 6.45) is 3.97. The number of carbonyl (C=O) groups excluding carboxylic acids is 2. The molecule has 1 aliphatic heterocycles. The molecule has 1 aliphatic rings. The number of hydrogen-bond acceptors (Lipinski definition) is 4. The number of piperidine rings is 1. The van der Waals surface area contributed by atoms with Gasteiger partial charge in [0.25, 0.3) is 0 Å². The van der Waals surface area contributed by atoms with Gasteiger partial charge in [0.05, 0.1) is 5.75 Å². The molecule has 0 aromatic carbocycles. The monoisotopic (exact) mass is 316 g/mol. The largest absolute Gasteiger partial charge is 0.480 e. The van der Waals surface area contributed by atoms with E-state index in [4.69, 9.17) is 5.11 Å². The predicted octanol–water partition coefficient (Wildman–Crippen LogP) is 1.10. The maximum atomic E-state index is 12.2. The summed E-state index contributed by atoms with van der Waals surface area (Å²) in [7, 11) is 0. The number of thioether (sulfide) groups is 1. The quantitative estimate of drug-likeness (QED) is 0.517.